The number of rotatable bonds is 4. The number of primary amides is 1. The van der Waals surface area contributed by atoms with Crippen molar-refractivity contribution in [3.05, 3.63) is 29.6 Å². The molecule has 0 radical (unpaired) electrons. The van der Waals surface area contributed by atoms with Gasteiger partial charge in [-0.3, -0.25) is 4.79 Å². The van der Waals surface area contributed by atoms with E-state index in [2.05, 4.69) is 37.4 Å². The number of nitrogens with two attached hydrogens (primary N) is 1. The summed E-state index contributed by atoms with van der Waals surface area (Å²) in [6, 6.07) is -0.161. The average Bonchev–Trinajstić information content (AvgIpc) is 3.39. The molecule has 0 aliphatic heterocycles. The number of hydrogen-bond acceptors (Lipinski definition) is 7. The Morgan fingerprint density at radius 2 is 2.15 bits per heavy atom. The standard InChI is InChI=1S/C18H18N6O2S/c1-7-20-6-11(27-7)17-23-15-14(10(25)5-21-18(15)24-17)22-13-9-3-2-8(4-9)12(13)16(19)26/h2-3,5-6,8-9,12-13,25H,4H2,1H3,(H2,19,26)(H2,21,22,23,24). The Morgan fingerprint density at radius 1 is 1.33 bits per heavy atom. The number of aromatic hydroxyl groups is 1. The minimum Gasteiger partial charge on any atom is -0.504 e. The molecule has 3 aromatic rings. The number of thiazole rings is 1. The van der Waals surface area contributed by atoms with Gasteiger partial charge in [-0.15, -0.1) is 11.3 Å². The van der Waals surface area contributed by atoms with E-state index < -0.39 is 0 Å². The van der Waals surface area contributed by atoms with Crippen LogP contribution in [0.1, 0.15) is 11.4 Å². The molecule has 1 saturated carbocycles. The first-order valence-electron chi connectivity index (χ1n) is 8.76. The normalized spacial score (nSPS) is 26.1. The lowest BCUT2D eigenvalue weighted by Gasteiger charge is -2.27. The smallest absolute Gasteiger partial charge is 0.223 e. The zero-order valence-corrected chi connectivity index (χ0v) is 15.3. The van der Waals surface area contributed by atoms with E-state index in [1.54, 1.807) is 6.20 Å². The molecule has 3 aromatic heterocycles. The molecule has 1 fully saturated rings. The quantitative estimate of drug-likeness (QED) is 0.512. The van der Waals surface area contributed by atoms with Crippen molar-refractivity contribution in [1.29, 1.82) is 0 Å². The zero-order chi connectivity index (χ0) is 18.7. The molecule has 4 unspecified atom stereocenters. The fraction of sp³-hybridized carbons (Fsp3) is 0.333. The number of H-pyrrole nitrogens is 1. The highest BCUT2D eigenvalue weighted by atomic mass is 32.1. The molecule has 3 heterocycles. The molecule has 5 rings (SSSR count). The van der Waals surface area contributed by atoms with Crippen molar-refractivity contribution in [2.24, 2.45) is 23.5 Å². The molecule has 4 atom stereocenters. The highest BCUT2D eigenvalue weighted by molar-refractivity contribution is 7.14. The lowest BCUT2D eigenvalue weighted by molar-refractivity contribution is -0.122. The van der Waals surface area contributed by atoms with Crippen LogP contribution in [0.2, 0.25) is 0 Å². The number of imidazole rings is 1. The molecule has 0 aromatic carbocycles. The minimum absolute atomic E-state index is 0.00755. The largest absolute Gasteiger partial charge is 0.504 e. The van der Waals surface area contributed by atoms with E-state index in [4.69, 9.17) is 5.73 Å². The molecular formula is C18H18N6O2S. The van der Waals surface area contributed by atoms with Gasteiger partial charge in [0.1, 0.15) is 11.2 Å². The number of anilines is 1. The van der Waals surface area contributed by atoms with E-state index in [1.165, 1.54) is 17.5 Å². The first-order valence-corrected chi connectivity index (χ1v) is 9.57. The van der Waals surface area contributed by atoms with Gasteiger partial charge < -0.3 is 21.1 Å². The second kappa shape index (κ2) is 5.78. The summed E-state index contributed by atoms with van der Waals surface area (Å²) in [5.41, 5.74) is 7.24. The van der Waals surface area contributed by atoms with E-state index in [1.807, 2.05) is 6.92 Å². The number of hydrogen-bond donors (Lipinski definition) is 4. The van der Waals surface area contributed by atoms with Gasteiger partial charge in [-0.05, 0) is 25.2 Å². The SMILES string of the molecule is Cc1ncc(-c2nc3ncc(O)c(NC4C5C=CC(C5)C4C(N)=O)c3[nH]2)s1. The van der Waals surface area contributed by atoms with Crippen LogP contribution in [-0.4, -0.2) is 37.0 Å². The predicted molar refractivity (Wildman–Crippen MR) is 102 cm³/mol. The fourth-order valence-electron chi connectivity index (χ4n) is 4.25. The van der Waals surface area contributed by atoms with E-state index in [0.717, 1.165) is 16.3 Å². The van der Waals surface area contributed by atoms with Crippen molar-refractivity contribution in [3.8, 4) is 16.5 Å². The number of aryl methyl sites for hydroxylation is 1. The van der Waals surface area contributed by atoms with Crippen molar-refractivity contribution in [1.82, 2.24) is 19.9 Å². The zero-order valence-electron chi connectivity index (χ0n) is 14.5. The van der Waals surface area contributed by atoms with Crippen molar-refractivity contribution < 1.29 is 9.90 Å². The van der Waals surface area contributed by atoms with Crippen molar-refractivity contribution in [2.75, 3.05) is 5.32 Å². The fourth-order valence-corrected chi connectivity index (χ4v) is 4.98. The summed E-state index contributed by atoms with van der Waals surface area (Å²) in [6.45, 7) is 1.93. The number of aromatic nitrogens is 4. The van der Waals surface area contributed by atoms with Crippen molar-refractivity contribution in [2.45, 2.75) is 19.4 Å². The number of pyridine rings is 1. The number of nitrogens with zero attached hydrogens (tertiary/aromatic N) is 3. The molecule has 2 bridgehead atoms. The van der Waals surface area contributed by atoms with Crippen LogP contribution >= 0.6 is 11.3 Å². The van der Waals surface area contributed by atoms with Crippen LogP contribution in [0.5, 0.6) is 5.75 Å². The Morgan fingerprint density at radius 3 is 2.89 bits per heavy atom. The lowest BCUT2D eigenvalue weighted by atomic mass is 9.88. The van der Waals surface area contributed by atoms with Gasteiger partial charge in [0, 0.05) is 12.2 Å². The van der Waals surface area contributed by atoms with E-state index in [0.29, 0.717) is 22.7 Å². The molecule has 1 amide bonds. The number of allylic oxidation sites excluding steroid dienone is 1. The highest BCUT2D eigenvalue weighted by Crippen LogP contribution is 2.46. The molecule has 9 heteroatoms. The Kier molecular flexibility index (Phi) is 3.48. The third-order valence-corrected chi connectivity index (χ3v) is 6.37. The van der Waals surface area contributed by atoms with Crippen LogP contribution in [-0.2, 0) is 4.79 Å². The molecule has 27 heavy (non-hydrogen) atoms. The summed E-state index contributed by atoms with van der Waals surface area (Å²) in [5, 5.41) is 14.7. The number of nitrogens with one attached hydrogen (secondary N) is 2. The van der Waals surface area contributed by atoms with E-state index in [-0.39, 0.29) is 35.5 Å². The van der Waals surface area contributed by atoms with Crippen molar-refractivity contribution >= 4 is 34.1 Å². The van der Waals surface area contributed by atoms with Crippen LogP contribution in [0.15, 0.2) is 24.5 Å². The summed E-state index contributed by atoms with van der Waals surface area (Å²) in [5.74, 6) is 0.404. The third kappa shape index (κ3) is 2.49. The van der Waals surface area contributed by atoms with Gasteiger partial charge in [-0.2, -0.15) is 0 Å². The van der Waals surface area contributed by atoms with Gasteiger partial charge >= 0.3 is 0 Å². The van der Waals surface area contributed by atoms with E-state index in [9.17, 15) is 9.90 Å². The molecule has 2 aliphatic carbocycles. The number of carbonyl (C=O) groups is 1. The van der Waals surface area contributed by atoms with Crippen LogP contribution in [0.25, 0.3) is 21.9 Å². The van der Waals surface area contributed by atoms with Gasteiger partial charge in [-0.25, -0.2) is 15.0 Å². The second-order valence-corrected chi connectivity index (χ2v) is 8.33. The molecule has 138 valence electrons. The Labute approximate surface area is 158 Å². The van der Waals surface area contributed by atoms with Gasteiger partial charge in [-0.1, -0.05) is 12.2 Å². The van der Waals surface area contributed by atoms with Crippen LogP contribution in [0.4, 0.5) is 5.69 Å². The third-order valence-electron chi connectivity index (χ3n) is 5.45. The maximum Gasteiger partial charge on any atom is 0.223 e. The molecule has 5 N–H and O–H groups in total. The molecule has 2 aliphatic rings. The molecule has 0 saturated heterocycles. The topological polar surface area (TPSA) is 130 Å². The summed E-state index contributed by atoms with van der Waals surface area (Å²) in [7, 11) is 0. The first kappa shape index (κ1) is 16.2. The summed E-state index contributed by atoms with van der Waals surface area (Å²) in [6.07, 6.45) is 8.22. The van der Waals surface area contributed by atoms with Crippen molar-refractivity contribution in [3.63, 3.8) is 0 Å². The maximum absolute atomic E-state index is 12.0. The number of amides is 1. The molecular weight excluding hydrogens is 364 g/mol. The Hall–Kier alpha value is -2.94. The first-order chi connectivity index (χ1) is 13.0. The Balaban J connectivity index is 1.56. The second-order valence-electron chi connectivity index (χ2n) is 7.09. The molecule has 0 spiro atoms. The van der Waals surface area contributed by atoms with Crippen LogP contribution in [0.3, 0.4) is 0 Å². The predicted octanol–water partition coefficient (Wildman–Crippen LogP) is 2.18. The van der Waals surface area contributed by atoms with Gasteiger partial charge in [0.05, 0.1) is 22.0 Å². The average molecular weight is 382 g/mol. The highest BCUT2D eigenvalue weighted by Gasteiger charge is 2.47. The summed E-state index contributed by atoms with van der Waals surface area (Å²) >= 11 is 1.53. The number of fused-ring (bicyclic) bond motifs is 3. The summed E-state index contributed by atoms with van der Waals surface area (Å²) in [4.78, 5) is 29.1. The minimum atomic E-state index is -0.320. The Bertz CT molecular complexity index is 1090. The lowest BCUT2D eigenvalue weighted by Crippen LogP contribution is -2.41. The number of aromatic amines is 1. The van der Waals surface area contributed by atoms with Gasteiger partial charge in [0.2, 0.25) is 5.91 Å². The summed E-state index contributed by atoms with van der Waals surface area (Å²) < 4.78 is 0. The van der Waals surface area contributed by atoms with E-state index >= 15 is 0 Å². The monoisotopic (exact) mass is 382 g/mol. The maximum atomic E-state index is 12.0. The van der Waals surface area contributed by atoms with Crippen LogP contribution in [0, 0.1) is 24.7 Å². The number of carbonyl (C=O) groups excluding carboxylic acids is 1. The van der Waals surface area contributed by atoms with Gasteiger partial charge in [0.15, 0.2) is 17.2 Å². The van der Waals surface area contributed by atoms with Crippen LogP contribution < -0.4 is 11.1 Å². The van der Waals surface area contributed by atoms with Gasteiger partial charge in [0.25, 0.3) is 0 Å². The molecule has 8 nitrogen and oxygen atoms in total.